The maximum absolute atomic E-state index is 11.3. The molecule has 2 aromatic rings. The number of halogens is 1. The molecule has 0 saturated heterocycles. The van der Waals surface area contributed by atoms with Crippen LogP contribution in [0.1, 0.15) is 0 Å². The van der Waals surface area contributed by atoms with Crippen molar-refractivity contribution in [3.8, 4) is 0 Å². The number of nitrogens with zero attached hydrogens (tertiary/aromatic N) is 3. The van der Waals surface area contributed by atoms with Crippen LogP contribution in [0.5, 0.6) is 0 Å². The number of hydrogen-bond acceptors (Lipinski definition) is 3. The average molecular weight is 308 g/mol. The lowest BCUT2D eigenvalue weighted by Crippen LogP contribution is -2.28. The van der Waals surface area contributed by atoms with Crippen LogP contribution in [0.3, 0.4) is 0 Å². The van der Waals surface area contributed by atoms with Crippen LogP contribution in [0, 0.1) is 0 Å². The Kier molecular flexibility index (Phi) is 2.79. The Balaban J connectivity index is 0.000000980. The van der Waals surface area contributed by atoms with Crippen LogP contribution in [0.2, 0.25) is 0 Å². The van der Waals surface area contributed by atoms with Gasteiger partial charge in [-0.25, -0.2) is 9.78 Å². The number of nitrogens with one attached hydrogen (secondary N) is 1. The van der Waals surface area contributed by atoms with E-state index in [-0.39, 0.29) is 24.0 Å². The van der Waals surface area contributed by atoms with E-state index in [1.165, 1.54) is 10.9 Å². The highest BCUT2D eigenvalue weighted by Gasteiger charge is 2.08. The lowest BCUT2D eigenvalue weighted by molar-refractivity contribution is 0.829. The van der Waals surface area contributed by atoms with Crippen LogP contribution in [0.4, 0.5) is 0 Å². The summed E-state index contributed by atoms with van der Waals surface area (Å²) in [6, 6.07) is 0. The number of aryl methyl sites for hydroxylation is 2. The molecule has 2 heterocycles. The normalized spacial score (nSPS) is 10.1. The molecule has 0 saturated carbocycles. The Labute approximate surface area is 95.6 Å². The average Bonchev–Trinajstić information content (AvgIpc) is 2.44. The molecule has 0 fully saturated rings. The van der Waals surface area contributed by atoms with Crippen LogP contribution >= 0.6 is 24.0 Å². The fourth-order valence-electron chi connectivity index (χ4n) is 1.26. The van der Waals surface area contributed by atoms with Crippen molar-refractivity contribution in [1.82, 2.24) is 19.1 Å². The molecule has 6 nitrogen and oxygen atoms in total. The Bertz CT molecular complexity index is 579. The first-order valence-electron chi connectivity index (χ1n) is 3.71. The van der Waals surface area contributed by atoms with E-state index >= 15 is 0 Å². The summed E-state index contributed by atoms with van der Waals surface area (Å²) in [4.78, 5) is 28.6. The van der Waals surface area contributed by atoms with E-state index in [1.54, 1.807) is 18.7 Å². The standard InChI is InChI=1S/C7H8N4O2.HI/c1-10-3-8-5-4(10)6(12)9-7(13)11(5)2;/h3H,1-2H3,(H,9,12,13);1H. The molecule has 0 unspecified atom stereocenters. The lowest BCUT2D eigenvalue weighted by Gasteiger charge is -1.97. The Morgan fingerprint density at radius 2 is 2.00 bits per heavy atom. The fourth-order valence-corrected chi connectivity index (χ4v) is 1.26. The third-order valence-electron chi connectivity index (χ3n) is 1.98. The number of aromatic nitrogens is 4. The first-order chi connectivity index (χ1) is 6.11. The van der Waals surface area contributed by atoms with Crippen LogP contribution in [0.15, 0.2) is 15.9 Å². The summed E-state index contributed by atoms with van der Waals surface area (Å²) in [5.74, 6) is 0. The maximum atomic E-state index is 11.3. The maximum Gasteiger partial charge on any atom is 0.329 e. The molecule has 0 aliphatic heterocycles. The summed E-state index contributed by atoms with van der Waals surface area (Å²) < 4.78 is 2.88. The van der Waals surface area contributed by atoms with Crippen molar-refractivity contribution < 1.29 is 0 Å². The van der Waals surface area contributed by atoms with Crippen LogP contribution in [-0.2, 0) is 14.1 Å². The molecule has 2 aromatic heterocycles. The van der Waals surface area contributed by atoms with Gasteiger partial charge in [-0.3, -0.25) is 14.3 Å². The van der Waals surface area contributed by atoms with Gasteiger partial charge in [0.05, 0.1) is 6.33 Å². The van der Waals surface area contributed by atoms with Gasteiger partial charge in [0.25, 0.3) is 5.56 Å². The van der Waals surface area contributed by atoms with E-state index in [4.69, 9.17) is 0 Å². The van der Waals surface area contributed by atoms with E-state index in [9.17, 15) is 9.59 Å². The molecule has 0 aliphatic rings. The topological polar surface area (TPSA) is 72.7 Å². The van der Waals surface area contributed by atoms with E-state index in [0.29, 0.717) is 11.2 Å². The van der Waals surface area contributed by atoms with Gasteiger partial charge < -0.3 is 4.57 Å². The van der Waals surface area contributed by atoms with Crippen molar-refractivity contribution in [2.24, 2.45) is 14.1 Å². The van der Waals surface area contributed by atoms with Crippen molar-refractivity contribution in [1.29, 1.82) is 0 Å². The molecular formula is C7H9IN4O2. The summed E-state index contributed by atoms with van der Waals surface area (Å²) in [6.45, 7) is 0. The van der Waals surface area contributed by atoms with Gasteiger partial charge in [0.2, 0.25) is 0 Å². The molecule has 0 radical (unpaired) electrons. The molecule has 0 atom stereocenters. The number of rotatable bonds is 0. The molecule has 0 aliphatic carbocycles. The molecule has 0 bridgehead atoms. The van der Waals surface area contributed by atoms with Gasteiger partial charge in [-0.15, -0.1) is 24.0 Å². The summed E-state index contributed by atoms with van der Waals surface area (Å²) in [7, 11) is 3.27. The molecule has 7 heteroatoms. The van der Waals surface area contributed by atoms with E-state index in [1.807, 2.05) is 0 Å². The van der Waals surface area contributed by atoms with Gasteiger partial charge in [0.1, 0.15) is 0 Å². The van der Waals surface area contributed by atoms with Crippen LogP contribution in [-0.4, -0.2) is 19.1 Å². The van der Waals surface area contributed by atoms with Crippen LogP contribution < -0.4 is 11.2 Å². The highest BCUT2D eigenvalue weighted by molar-refractivity contribution is 14.0. The lowest BCUT2D eigenvalue weighted by atomic mass is 10.5. The van der Waals surface area contributed by atoms with Gasteiger partial charge in [-0.05, 0) is 0 Å². The molecule has 1 N–H and O–H groups in total. The highest BCUT2D eigenvalue weighted by Crippen LogP contribution is 2.00. The summed E-state index contributed by atoms with van der Waals surface area (Å²) >= 11 is 0. The third-order valence-corrected chi connectivity index (χ3v) is 1.98. The predicted molar refractivity (Wildman–Crippen MR) is 62.0 cm³/mol. The molecule has 0 spiro atoms. The molecular weight excluding hydrogens is 299 g/mol. The van der Waals surface area contributed by atoms with Gasteiger partial charge in [0.15, 0.2) is 11.2 Å². The van der Waals surface area contributed by atoms with Gasteiger partial charge >= 0.3 is 5.69 Å². The van der Waals surface area contributed by atoms with Gasteiger partial charge in [-0.1, -0.05) is 0 Å². The summed E-state index contributed by atoms with van der Waals surface area (Å²) in [5, 5.41) is 0. The molecule has 2 rings (SSSR count). The molecule has 0 amide bonds. The summed E-state index contributed by atoms with van der Waals surface area (Å²) in [6.07, 6.45) is 1.50. The zero-order valence-electron chi connectivity index (χ0n) is 7.64. The highest BCUT2D eigenvalue weighted by atomic mass is 127. The van der Waals surface area contributed by atoms with Gasteiger partial charge in [-0.2, -0.15) is 0 Å². The minimum atomic E-state index is -0.448. The SMILES string of the molecule is Cn1cnc2c1c(=O)[nH]c(=O)n2C.I. The smallest absolute Gasteiger partial charge is 0.328 e. The monoisotopic (exact) mass is 308 g/mol. The Morgan fingerprint density at radius 1 is 1.36 bits per heavy atom. The van der Waals surface area contributed by atoms with Crippen molar-refractivity contribution in [3.05, 3.63) is 27.2 Å². The summed E-state index contributed by atoms with van der Waals surface area (Å²) in [5.41, 5.74) is -0.0485. The molecule has 14 heavy (non-hydrogen) atoms. The number of aromatic amines is 1. The first-order valence-corrected chi connectivity index (χ1v) is 3.71. The second-order valence-electron chi connectivity index (χ2n) is 2.85. The largest absolute Gasteiger partial charge is 0.329 e. The Hall–Kier alpha value is -1.12. The Morgan fingerprint density at radius 3 is 2.64 bits per heavy atom. The van der Waals surface area contributed by atoms with Crippen molar-refractivity contribution in [2.45, 2.75) is 0 Å². The number of fused-ring (bicyclic) bond motifs is 1. The molecule has 0 aromatic carbocycles. The number of hydrogen-bond donors (Lipinski definition) is 1. The predicted octanol–water partition coefficient (Wildman–Crippen LogP) is -0.422. The van der Waals surface area contributed by atoms with Crippen LogP contribution in [0.25, 0.3) is 11.2 Å². The van der Waals surface area contributed by atoms with E-state index < -0.39 is 11.2 Å². The minimum Gasteiger partial charge on any atom is -0.328 e. The van der Waals surface area contributed by atoms with Gasteiger partial charge in [0, 0.05) is 14.1 Å². The zero-order valence-corrected chi connectivity index (χ0v) is 9.97. The van der Waals surface area contributed by atoms with Crippen molar-refractivity contribution in [3.63, 3.8) is 0 Å². The second-order valence-corrected chi connectivity index (χ2v) is 2.85. The van der Waals surface area contributed by atoms with E-state index in [0.717, 1.165) is 0 Å². The number of H-pyrrole nitrogens is 1. The first kappa shape index (κ1) is 11.0. The number of imidazole rings is 1. The molecule has 76 valence electrons. The fraction of sp³-hybridized carbons (Fsp3) is 0.286. The van der Waals surface area contributed by atoms with E-state index in [2.05, 4.69) is 9.97 Å². The third kappa shape index (κ3) is 1.37. The van der Waals surface area contributed by atoms with Crippen molar-refractivity contribution >= 4 is 35.1 Å². The quantitative estimate of drug-likeness (QED) is 0.672. The minimum absolute atomic E-state index is 0. The van der Waals surface area contributed by atoms with Crippen molar-refractivity contribution in [2.75, 3.05) is 0 Å². The second kappa shape index (κ2) is 3.56. The zero-order chi connectivity index (χ0) is 9.59.